The first-order valence-electron chi connectivity index (χ1n) is 30.4. The fraction of sp³-hybridized carbons (Fsp3) is 0.687. The average molecular weight is 1010 g/mol. The third-order valence-corrected chi connectivity index (χ3v) is 12.8. The number of esters is 3. The molecule has 1 atom stereocenters. The van der Waals surface area contributed by atoms with E-state index in [0.29, 0.717) is 19.3 Å². The maximum Gasteiger partial charge on any atom is 0.306 e. The van der Waals surface area contributed by atoms with Crippen molar-refractivity contribution in [2.24, 2.45) is 0 Å². The van der Waals surface area contributed by atoms with Crippen LogP contribution >= 0.6 is 0 Å². The Kier molecular flexibility index (Phi) is 57.4. The minimum absolute atomic E-state index is 0.0834. The monoisotopic (exact) mass is 1010 g/mol. The maximum absolute atomic E-state index is 12.8. The molecule has 0 aromatic carbocycles. The second kappa shape index (κ2) is 60.6. The van der Waals surface area contributed by atoms with Crippen LogP contribution in [0.2, 0.25) is 0 Å². The Morgan fingerprint density at radius 1 is 0.288 bits per heavy atom. The number of carbonyl (C=O) groups is 3. The zero-order chi connectivity index (χ0) is 52.9. The number of allylic oxidation sites excluding steroid dienone is 18. The van der Waals surface area contributed by atoms with E-state index in [1.165, 1.54) is 96.3 Å². The molecule has 0 aliphatic heterocycles. The Bertz CT molecular complexity index is 1490. The Balaban J connectivity index is 3.95. The van der Waals surface area contributed by atoms with Gasteiger partial charge < -0.3 is 14.2 Å². The first-order valence-corrected chi connectivity index (χ1v) is 30.4. The van der Waals surface area contributed by atoms with E-state index < -0.39 is 6.10 Å². The number of hydrogen-bond donors (Lipinski definition) is 0. The van der Waals surface area contributed by atoms with Gasteiger partial charge in [-0.15, -0.1) is 0 Å². The molecule has 0 saturated heterocycles. The summed E-state index contributed by atoms with van der Waals surface area (Å²) in [4.78, 5) is 37.8. The molecule has 0 rings (SSSR count). The summed E-state index contributed by atoms with van der Waals surface area (Å²) >= 11 is 0. The van der Waals surface area contributed by atoms with Crippen molar-refractivity contribution in [1.82, 2.24) is 0 Å². The lowest BCUT2D eigenvalue weighted by molar-refractivity contribution is -0.167. The molecule has 6 heteroatoms. The predicted octanol–water partition coefficient (Wildman–Crippen LogP) is 20.7. The summed E-state index contributed by atoms with van der Waals surface area (Å²) in [6.45, 7) is 6.32. The van der Waals surface area contributed by atoms with Crippen LogP contribution in [0.4, 0.5) is 0 Å². The average Bonchev–Trinajstić information content (AvgIpc) is 3.39. The molecule has 0 aliphatic carbocycles. The molecule has 1 unspecified atom stereocenters. The standard InChI is InChI=1S/C67H112O6/c1-4-7-10-13-15-17-19-21-23-24-25-26-27-28-29-30-31-32-33-34-35-36-37-38-39-40-41-42-44-45-47-49-51-54-57-60-66(69)72-63-64(62-71-65(68)59-56-53-12-9-6-3)73-67(70)61-58-55-52-50-48-46-43-22-20-18-16-14-11-8-5-2/h7-8,10-11,15-18,21-23,25-26,28-29,31-32,43,64H,4-6,9,12-14,19-20,24,27,30,33-42,44-63H2,1-3H3/b10-7-,11-8-,17-15-,18-16-,23-21-,26-25-,29-28-,32-31-,43-22-. The molecule has 0 aliphatic rings. The summed E-state index contributed by atoms with van der Waals surface area (Å²) in [5.41, 5.74) is 0. The molecule has 0 aromatic rings. The van der Waals surface area contributed by atoms with Crippen molar-refractivity contribution in [2.75, 3.05) is 13.2 Å². The van der Waals surface area contributed by atoms with E-state index in [2.05, 4.69) is 130 Å². The summed E-state index contributed by atoms with van der Waals surface area (Å²) in [5.74, 6) is -0.912. The van der Waals surface area contributed by atoms with E-state index in [1.54, 1.807) is 0 Å². The van der Waals surface area contributed by atoms with Gasteiger partial charge in [0.2, 0.25) is 0 Å². The number of rotatable bonds is 54. The molecule has 0 aromatic heterocycles. The molecule has 0 saturated carbocycles. The van der Waals surface area contributed by atoms with E-state index in [1.807, 2.05) is 0 Å². The van der Waals surface area contributed by atoms with Gasteiger partial charge in [0.15, 0.2) is 6.10 Å². The maximum atomic E-state index is 12.8. The van der Waals surface area contributed by atoms with Gasteiger partial charge in [0.1, 0.15) is 13.2 Å². The fourth-order valence-corrected chi connectivity index (χ4v) is 8.28. The highest BCUT2D eigenvalue weighted by Crippen LogP contribution is 2.16. The molecule has 0 radical (unpaired) electrons. The lowest BCUT2D eigenvalue weighted by atomic mass is 10.0. The molecule has 73 heavy (non-hydrogen) atoms. The zero-order valence-corrected chi connectivity index (χ0v) is 47.6. The van der Waals surface area contributed by atoms with Crippen molar-refractivity contribution < 1.29 is 28.6 Å². The molecular formula is C67H112O6. The van der Waals surface area contributed by atoms with Gasteiger partial charge in [0.05, 0.1) is 0 Å². The van der Waals surface area contributed by atoms with Crippen LogP contribution in [0.5, 0.6) is 0 Å². The van der Waals surface area contributed by atoms with Crippen molar-refractivity contribution in [3.05, 3.63) is 109 Å². The molecule has 0 spiro atoms. The van der Waals surface area contributed by atoms with Crippen LogP contribution < -0.4 is 0 Å². The van der Waals surface area contributed by atoms with Gasteiger partial charge in [-0.2, -0.15) is 0 Å². The first-order chi connectivity index (χ1) is 36.0. The van der Waals surface area contributed by atoms with Gasteiger partial charge >= 0.3 is 17.9 Å². The van der Waals surface area contributed by atoms with Crippen LogP contribution in [0.25, 0.3) is 0 Å². The normalized spacial score (nSPS) is 12.9. The van der Waals surface area contributed by atoms with Crippen molar-refractivity contribution in [3.8, 4) is 0 Å². The molecule has 0 amide bonds. The van der Waals surface area contributed by atoms with Crippen LogP contribution in [0.1, 0.15) is 278 Å². The second-order valence-electron chi connectivity index (χ2n) is 19.9. The van der Waals surface area contributed by atoms with Crippen LogP contribution in [-0.4, -0.2) is 37.2 Å². The molecule has 416 valence electrons. The highest BCUT2D eigenvalue weighted by atomic mass is 16.6. The lowest BCUT2D eigenvalue weighted by Crippen LogP contribution is -2.30. The molecule has 0 heterocycles. The van der Waals surface area contributed by atoms with Crippen LogP contribution in [0.15, 0.2) is 109 Å². The quantitative estimate of drug-likeness (QED) is 0.0261. The summed E-state index contributed by atoms with van der Waals surface area (Å²) in [6, 6.07) is 0. The number of unbranched alkanes of at least 4 members (excludes halogenated alkanes) is 25. The molecule has 0 bridgehead atoms. The Morgan fingerprint density at radius 3 is 0.836 bits per heavy atom. The topological polar surface area (TPSA) is 78.9 Å². The van der Waals surface area contributed by atoms with Crippen molar-refractivity contribution >= 4 is 17.9 Å². The molecule has 6 nitrogen and oxygen atoms in total. The van der Waals surface area contributed by atoms with E-state index in [-0.39, 0.29) is 31.1 Å². The van der Waals surface area contributed by atoms with E-state index in [0.717, 1.165) is 141 Å². The summed E-state index contributed by atoms with van der Waals surface area (Å²) in [5, 5.41) is 0. The van der Waals surface area contributed by atoms with Crippen LogP contribution in [-0.2, 0) is 28.6 Å². The SMILES string of the molecule is CC/C=C\C/C=C\C/C=C\C/C=C\C/C=C\C/C=C\CCCCCCCCCCCCCCCCCCC(=O)OCC(COC(=O)CCCCCCC)OC(=O)CCCCCCC/C=C\C/C=C\C/C=C\CC. The highest BCUT2D eigenvalue weighted by molar-refractivity contribution is 5.71. The smallest absolute Gasteiger partial charge is 0.306 e. The molecule has 0 N–H and O–H groups in total. The number of hydrogen-bond acceptors (Lipinski definition) is 6. The fourth-order valence-electron chi connectivity index (χ4n) is 8.28. The van der Waals surface area contributed by atoms with Crippen LogP contribution in [0.3, 0.4) is 0 Å². The van der Waals surface area contributed by atoms with Gasteiger partial charge in [-0.25, -0.2) is 0 Å². The summed E-state index contributed by atoms with van der Waals surface area (Å²) < 4.78 is 16.7. The Hall–Kier alpha value is -3.93. The first kappa shape index (κ1) is 69.1. The van der Waals surface area contributed by atoms with Crippen LogP contribution in [0, 0.1) is 0 Å². The third-order valence-electron chi connectivity index (χ3n) is 12.8. The summed E-state index contributed by atoms with van der Waals surface area (Å²) in [6.07, 6.45) is 82.9. The van der Waals surface area contributed by atoms with Gasteiger partial charge in [-0.3, -0.25) is 14.4 Å². The summed E-state index contributed by atoms with van der Waals surface area (Å²) in [7, 11) is 0. The van der Waals surface area contributed by atoms with Gasteiger partial charge in [-0.1, -0.05) is 265 Å². The predicted molar refractivity (Wildman–Crippen MR) is 316 cm³/mol. The van der Waals surface area contributed by atoms with Gasteiger partial charge in [0, 0.05) is 19.3 Å². The van der Waals surface area contributed by atoms with Gasteiger partial charge in [0.25, 0.3) is 0 Å². The van der Waals surface area contributed by atoms with Crippen molar-refractivity contribution in [3.63, 3.8) is 0 Å². The Morgan fingerprint density at radius 2 is 0.534 bits per heavy atom. The second-order valence-corrected chi connectivity index (χ2v) is 19.9. The third kappa shape index (κ3) is 58.8. The van der Waals surface area contributed by atoms with Gasteiger partial charge in [-0.05, 0) is 103 Å². The number of carbonyl (C=O) groups excluding carboxylic acids is 3. The molecular weight excluding hydrogens is 901 g/mol. The van der Waals surface area contributed by atoms with Crippen molar-refractivity contribution in [2.45, 2.75) is 284 Å². The zero-order valence-electron chi connectivity index (χ0n) is 47.6. The highest BCUT2D eigenvalue weighted by Gasteiger charge is 2.19. The largest absolute Gasteiger partial charge is 0.462 e. The lowest BCUT2D eigenvalue weighted by Gasteiger charge is -2.18. The van der Waals surface area contributed by atoms with E-state index in [9.17, 15) is 14.4 Å². The minimum atomic E-state index is -0.782. The molecule has 0 fully saturated rings. The Labute approximate surface area is 450 Å². The van der Waals surface area contributed by atoms with Crippen molar-refractivity contribution in [1.29, 1.82) is 0 Å². The van der Waals surface area contributed by atoms with E-state index >= 15 is 0 Å². The van der Waals surface area contributed by atoms with E-state index in [4.69, 9.17) is 14.2 Å². The minimum Gasteiger partial charge on any atom is -0.462 e. The number of ether oxygens (including phenoxy) is 3.